The van der Waals surface area contributed by atoms with Gasteiger partial charge in [-0.1, -0.05) is 58.3 Å². The maximum Gasteiger partial charge on any atom is 0.169 e. The largest absolute Gasteiger partial charge is 1.00 e. The number of hydrogen-bond acceptors (Lipinski definition) is 1. The number of pyridine rings is 1. The second-order valence-corrected chi connectivity index (χ2v) is 5.83. The van der Waals surface area contributed by atoms with Gasteiger partial charge >= 0.3 is 0 Å². The van der Waals surface area contributed by atoms with Gasteiger partial charge in [-0.05, 0) is 12.0 Å². The van der Waals surface area contributed by atoms with E-state index >= 15 is 0 Å². The minimum atomic E-state index is 0. The summed E-state index contributed by atoms with van der Waals surface area (Å²) in [7, 11) is 0. The number of aromatic nitrogens is 1. The van der Waals surface area contributed by atoms with Crippen molar-refractivity contribution in [1.29, 1.82) is 0 Å². The number of aryl methyl sites for hydroxylation is 1. The molecule has 0 aliphatic carbocycles. The highest BCUT2D eigenvalue weighted by molar-refractivity contribution is 5.85. The lowest BCUT2D eigenvalue weighted by molar-refractivity contribution is -0.697. The first-order chi connectivity index (χ1) is 9.86. The molecule has 0 unspecified atom stereocenters. The number of hydrogen-bond donors (Lipinski definition) is 1. The lowest BCUT2D eigenvalue weighted by Crippen LogP contribution is -3.00. The highest BCUT2D eigenvalue weighted by Crippen LogP contribution is 2.10. The Hall–Kier alpha value is -0.310. The minimum Gasteiger partial charge on any atom is -1.00 e. The second-order valence-electron chi connectivity index (χ2n) is 5.83. The Morgan fingerprint density at radius 3 is 1.73 bits per heavy atom. The van der Waals surface area contributed by atoms with Gasteiger partial charge in [-0.3, -0.25) is 0 Å². The Labute approximate surface area is 149 Å². The van der Waals surface area contributed by atoms with Crippen molar-refractivity contribution in [2.24, 2.45) is 5.73 Å². The van der Waals surface area contributed by atoms with Gasteiger partial charge in [-0.25, -0.2) is 4.57 Å². The van der Waals surface area contributed by atoms with Crippen molar-refractivity contribution < 1.29 is 17.0 Å². The van der Waals surface area contributed by atoms with Gasteiger partial charge in [0, 0.05) is 25.1 Å². The molecule has 0 spiro atoms. The molecule has 130 valence electrons. The summed E-state index contributed by atoms with van der Waals surface area (Å²) in [4.78, 5) is 0. The standard InChI is InChI=1S/C18H33N2.2ClH/c1-2-3-4-5-6-7-8-9-10-11-14-20-15-12-18(17-19)13-16-20;;/h12-13,15-16H,2-11,14,17,19H2,1H3;2*1H/q+1;;/p-1. The van der Waals surface area contributed by atoms with E-state index in [1.165, 1.54) is 69.8 Å². The molecule has 22 heavy (non-hydrogen) atoms. The van der Waals surface area contributed by atoms with E-state index in [2.05, 4.69) is 36.0 Å². The van der Waals surface area contributed by atoms with Crippen LogP contribution < -0.4 is 22.7 Å². The van der Waals surface area contributed by atoms with E-state index in [-0.39, 0.29) is 24.8 Å². The topological polar surface area (TPSA) is 29.9 Å². The van der Waals surface area contributed by atoms with Crippen LogP contribution in [0.4, 0.5) is 0 Å². The van der Waals surface area contributed by atoms with Crippen molar-refractivity contribution in [3.8, 4) is 0 Å². The third-order valence-electron chi connectivity index (χ3n) is 3.97. The molecule has 1 aromatic rings. The molecule has 0 saturated heterocycles. The van der Waals surface area contributed by atoms with E-state index in [0.717, 1.165) is 6.54 Å². The summed E-state index contributed by atoms with van der Waals surface area (Å²) in [6.45, 7) is 4.06. The first-order valence-electron chi connectivity index (χ1n) is 8.55. The summed E-state index contributed by atoms with van der Waals surface area (Å²) in [6, 6.07) is 4.24. The van der Waals surface area contributed by atoms with Crippen molar-refractivity contribution in [1.82, 2.24) is 0 Å². The fourth-order valence-electron chi connectivity index (χ4n) is 2.56. The first-order valence-corrected chi connectivity index (χ1v) is 8.55. The van der Waals surface area contributed by atoms with Gasteiger partial charge in [0.25, 0.3) is 0 Å². The molecule has 0 amide bonds. The highest BCUT2D eigenvalue weighted by Gasteiger charge is 2.00. The molecule has 0 saturated carbocycles. The molecule has 0 aromatic carbocycles. The summed E-state index contributed by atoms with van der Waals surface area (Å²) in [5.74, 6) is 0. The zero-order valence-electron chi connectivity index (χ0n) is 14.1. The average Bonchev–Trinajstić information content (AvgIpc) is 2.50. The summed E-state index contributed by atoms with van der Waals surface area (Å²) >= 11 is 0. The molecule has 1 heterocycles. The van der Waals surface area contributed by atoms with Crippen LogP contribution in [0.15, 0.2) is 24.5 Å². The van der Waals surface area contributed by atoms with E-state index in [9.17, 15) is 0 Å². The third kappa shape index (κ3) is 12.3. The number of rotatable bonds is 12. The van der Waals surface area contributed by atoms with Crippen molar-refractivity contribution in [3.63, 3.8) is 0 Å². The Morgan fingerprint density at radius 1 is 0.818 bits per heavy atom. The van der Waals surface area contributed by atoms with Gasteiger partial charge in [-0.15, -0.1) is 12.4 Å². The molecule has 0 radical (unpaired) electrons. The molecular formula is C18H34Cl2N2. The summed E-state index contributed by atoms with van der Waals surface area (Å²) in [5.41, 5.74) is 6.81. The number of nitrogens with two attached hydrogens (primary N) is 1. The fourth-order valence-corrected chi connectivity index (χ4v) is 2.56. The van der Waals surface area contributed by atoms with Crippen LogP contribution in [0.3, 0.4) is 0 Å². The molecule has 0 bridgehead atoms. The van der Waals surface area contributed by atoms with Crippen molar-refractivity contribution in [2.75, 3.05) is 0 Å². The van der Waals surface area contributed by atoms with E-state index in [4.69, 9.17) is 5.73 Å². The molecule has 2 nitrogen and oxygen atoms in total. The van der Waals surface area contributed by atoms with Crippen LogP contribution in [-0.2, 0) is 13.1 Å². The van der Waals surface area contributed by atoms with E-state index in [1.54, 1.807) is 0 Å². The second kappa shape index (κ2) is 17.1. The molecule has 1 aromatic heterocycles. The highest BCUT2D eigenvalue weighted by atomic mass is 35.5. The molecule has 0 fully saturated rings. The molecule has 0 atom stereocenters. The van der Waals surface area contributed by atoms with Crippen LogP contribution >= 0.6 is 12.4 Å². The maximum absolute atomic E-state index is 5.60. The molecule has 0 aliphatic rings. The smallest absolute Gasteiger partial charge is 0.169 e. The SMILES string of the molecule is CCCCCCCCCCCC[n+]1ccc(CN)cc1.Cl.[Cl-]. The zero-order chi connectivity index (χ0) is 14.5. The van der Waals surface area contributed by atoms with Gasteiger partial charge in [-0.2, -0.15) is 0 Å². The third-order valence-corrected chi connectivity index (χ3v) is 3.97. The normalized spacial score (nSPS) is 9.91. The Bertz CT molecular complexity index is 328. The summed E-state index contributed by atoms with van der Waals surface area (Å²) in [5, 5.41) is 0. The van der Waals surface area contributed by atoms with E-state index in [1.807, 2.05) is 0 Å². The Kier molecular flexibility index (Phi) is 18.6. The molecule has 1 rings (SSSR count). The lowest BCUT2D eigenvalue weighted by atomic mass is 10.1. The van der Waals surface area contributed by atoms with E-state index in [0.29, 0.717) is 6.54 Å². The van der Waals surface area contributed by atoms with Gasteiger partial charge in [0.15, 0.2) is 12.4 Å². The first kappa shape index (κ1) is 23.9. The van der Waals surface area contributed by atoms with Crippen molar-refractivity contribution in [2.45, 2.75) is 84.2 Å². The predicted octanol–water partition coefficient (Wildman–Crippen LogP) is 1.78. The monoisotopic (exact) mass is 348 g/mol. The molecule has 2 N–H and O–H groups in total. The van der Waals surface area contributed by atoms with Gasteiger partial charge < -0.3 is 18.1 Å². The summed E-state index contributed by atoms with van der Waals surface area (Å²) in [6.07, 6.45) is 18.3. The maximum atomic E-state index is 5.60. The van der Waals surface area contributed by atoms with Crippen LogP contribution in [0.5, 0.6) is 0 Å². The van der Waals surface area contributed by atoms with Gasteiger partial charge in [0.2, 0.25) is 0 Å². The Morgan fingerprint density at radius 2 is 1.27 bits per heavy atom. The van der Waals surface area contributed by atoms with Crippen LogP contribution in [0.2, 0.25) is 0 Å². The van der Waals surface area contributed by atoms with Crippen LogP contribution in [-0.4, -0.2) is 0 Å². The van der Waals surface area contributed by atoms with Gasteiger partial charge in [0.1, 0.15) is 6.54 Å². The van der Waals surface area contributed by atoms with Crippen molar-refractivity contribution >= 4 is 12.4 Å². The lowest BCUT2D eigenvalue weighted by Gasteiger charge is -2.01. The number of nitrogens with zero attached hydrogens (tertiary/aromatic N) is 1. The Balaban J connectivity index is 0. The fraction of sp³-hybridized carbons (Fsp3) is 0.722. The van der Waals surface area contributed by atoms with E-state index < -0.39 is 0 Å². The zero-order valence-corrected chi connectivity index (χ0v) is 15.7. The molecular weight excluding hydrogens is 315 g/mol. The molecule has 4 heteroatoms. The summed E-state index contributed by atoms with van der Waals surface area (Å²) < 4.78 is 2.27. The van der Waals surface area contributed by atoms with Crippen molar-refractivity contribution in [3.05, 3.63) is 30.1 Å². The van der Waals surface area contributed by atoms with Crippen LogP contribution in [0.1, 0.15) is 76.7 Å². The average molecular weight is 349 g/mol. The predicted molar refractivity (Wildman–Crippen MR) is 93.6 cm³/mol. The van der Waals surface area contributed by atoms with Crippen LogP contribution in [0, 0.1) is 0 Å². The number of unbranched alkanes of at least 4 members (excludes halogenated alkanes) is 9. The van der Waals surface area contributed by atoms with Gasteiger partial charge in [0.05, 0.1) is 0 Å². The minimum absolute atomic E-state index is 0. The quantitative estimate of drug-likeness (QED) is 0.452. The molecule has 0 aliphatic heterocycles. The number of halogens is 2. The van der Waals surface area contributed by atoms with Crippen LogP contribution in [0.25, 0.3) is 0 Å².